The van der Waals surface area contributed by atoms with Crippen LogP contribution in [0.3, 0.4) is 0 Å². The third-order valence-electron chi connectivity index (χ3n) is 3.33. The Balaban J connectivity index is 2.07. The van der Waals surface area contributed by atoms with E-state index in [0.717, 1.165) is 12.1 Å². The first-order valence-corrected chi connectivity index (χ1v) is 7.47. The molecule has 1 heterocycles. The van der Waals surface area contributed by atoms with Crippen molar-refractivity contribution in [2.24, 2.45) is 5.92 Å². The summed E-state index contributed by atoms with van der Waals surface area (Å²) in [5.74, 6) is -3.50. The van der Waals surface area contributed by atoms with E-state index in [0.29, 0.717) is 6.54 Å². The summed E-state index contributed by atoms with van der Waals surface area (Å²) in [6.45, 7) is 2.61. The van der Waals surface area contributed by atoms with Crippen LogP contribution in [0.15, 0.2) is 22.7 Å². The van der Waals surface area contributed by atoms with E-state index in [4.69, 9.17) is 0 Å². The van der Waals surface area contributed by atoms with Gasteiger partial charge < -0.3 is 14.7 Å². The van der Waals surface area contributed by atoms with Crippen LogP contribution >= 0.6 is 0 Å². The molecule has 142 valence electrons. The molecule has 0 aliphatic rings. The number of rotatable bonds is 7. The fourth-order valence-electron chi connectivity index (χ4n) is 1.95. The highest BCUT2D eigenvalue weighted by Crippen LogP contribution is 2.29. The quantitative estimate of drug-likeness (QED) is 0.570. The van der Waals surface area contributed by atoms with Gasteiger partial charge in [-0.2, -0.15) is 18.2 Å². The first kappa shape index (κ1) is 19.8. The Morgan fingerprint density at radius 1 is 1.35 bits per heavy atom. The zero-order valence-electron chi connectivity index (χ0n) is 13.9. The summed E-state index contributed by atoms with van der Waals surface area (Å²) in [4.78, 5) is 19.9. The third-order valence-corrected chi connectivity index (χ3v) is 3.33. The van der Waals surface area contributed by atoms with Crippen molar-refractivity contribution in [2.45, 2.75) is 13.1 Å². The van der Waals surface area contributed by atoms with Gasteiger partial charge in [0.2, 0.25) is 5.82 Å². The Bertz CT molecular complexity index is 764. The molecule has 0 spiro atoms. The molecule has 2 aromatic rings. The van der Waals surface area contributed by atoms with Crippen molar-refractivity contribution in [1.29, 1.82) is 0 Å². The van der Waals surface area contributed by atoms with Gasteiger partial charge in [-0.25, -0.2) is 9.87 Å². The minimum Gasteiger partial charge on any atom is -0.352 e. The van der Waals surface area contributed by atoms with Crippen molar-refractivity contribution >= 4 is 5.91 Å². The number of alkyl halides is 3. The van der Waals surface area contributed by atoms with Gasteiger partial charge in [0, 0.05) is 18.7 Å². The Morgan fingerprint density at radius 3 is 2.65 bits per heavy atom. The highest BCUT2D eigenvalue weighted by atomic mass is 19.4. The molecule has 1 atom stereocenters. The van der Waals surface area contributed by atoms with Gasteiger partial charge in [-0.05, 0) is 18.1 Å². The number of benzene rings is 1. The van der Waals surface area contributed by atoms with Gasteiger partial charge in [0.05, 0.1) is 12.7 Å². The van der Waals surface area contributed by atoms with Gasteiger partial charge >= 0.3 is 12.1 Å². The molecule has 0 saturated carbocycles. The Labute approximate surface area is 145 Å². The predicted molar refractivity (Wildman–Crippen MR) is 81.2 cm³/mol. The van der Waals surface area contributed by atoms with Crippen molar-refractivity contribution in [2.75, 3.05) is 20.2 Å². The van der Waals surface area contributed by atoms with Gasteiger partial charge in [-0.1, -0.05) is 18.1 Å². The number of carbonyl (C=O) groups is 1. The highest BCUT2D eigenvalue weighted by molar-refractivity contribution is 5.94. The number of carbonyl (C=O) groups excluding carboxylic acids is 1. The molecular formula is C15H16F4N4O3. The van der Waals surface area contributed by atoms with Gasteiger partial charge in [0.15, 0.2) is 0 Å². The lowest BCUT2D eigenvalue weighted by Gasteiger charge is -2.13. The first-order valence-electron chi connectivity index (χ1n) is 7.47. The van der Waals surface area contributed by atoms with Crippen LogP contribution < -0.4 is 10.8 Å². The molecule has 11 heteroatoms. The molecule has 1 amide bonds. The average molecular weight is 376 g/mol. The van der Waals surface area contributed by atoms with Crippen molar-refractivity contribution < 1.29 is 31.7 Å². The fourth-order valence-corrected chi connectivity index (χ4v) is 1.95. The molecule has 26 heavy (non-hydrogen) atoms. The van der Waals surface area contributed by atoms with E-state index in [9.17, 15) is 22.4 Å². The maximum Gasteiger partial charge on any atom is 0.471 e. The molecule has 2 N–H and O–H groups in total. The summed E-state index contributed by atoms with van der Waals surface area (Å²) in [7, 11) is 1.46. The van der Waals surface area contributed by atoms with Crippen LogP contribution in [0.25, 0.3) is 11.4 Å². The Kier molecular flexibility index (Phi) is 6.27. The van der Waals surface area contributed by atoms with Gasteiger partial charge in [0.1, 0.15) is 5.82 Å². The van der Waals surface area contributed by atoms with Crippen LogP contribution in [-0.2, 0) is 11.0 Å². The summed E-state index contributed by atoms with van der Waals surface area (Å²) in [6.07, 6.45) is -4.79. The zero-order chi connectivity index (χ0) is 19.3. The van der Waals surface area contributed by atoms with Crippen LogP contribution in [0.2, 0.25) is 0 Å². The predicted octanol–water partition coefficient (Wildman–Crippen LogP) is 2.41. The molecule has 0 radical (unpaired) electrons. The van der Waals surface area contributed by atoms with E-state index in [1.165, 1.54) is 13.2 Å². The highest BCUT2D eigenvalue weighted by Gasteiger charge is 2.38. The number of halogens is 4. The van der Waals surface area contributed by atoms with Crippen molar-refractivity contribution in [1.82, 2.24) is 20.9 Å². The largest absolute Gasteiger partial charge is 0.471 e. The molecule has 0 aliphatic heterocycles. The molecule has 1 aromatic heterocycles. The fraction of sp³-hybridized carbons (Fsp3) is 0.400. The second-order valence-electron chi connectivity index (χ2n) is 5.48. The molecule has 0 aliphatic carbocycles. The smallest absolute Gasteiger partial charge is 0.352 e. The lowest BCUT2D eigenvalue weighted by molar-refractivity contribution is -0.159. The number of aromatic nitrogens is 2. The number of hydroxylamine groups is 1. The van der Waals surface area contributed by atoms with Crippen LogP contribution in [0.5, 0.6) is 0 Å². The number of nitrogens with one attached hydrogen (secondary N) is 2. The summed E-state index contributed by atoms with van der Waals surface area (Å²) in [6, 6.07) is 3.25. The van der Waals surface area contributed by atoms with Crippen molar-refractivity contribution in [3.63, 3.8) is 0 Å². The van der Waals surface area contributed by atoms with Crippen LogP contribution in [-0.4, -0.2) is 36.2 Å². The van der Waals surface area contributed by atoms with E-state index in [2.05, 4.69) is 30.3 Å². The SMILES string of the molecule is CONCC(C)CNC(=O)c1ccc(-c2noc(C(F)(F)F)n2)cc1F. The summed E-state index contributed by atoms with van der Waals surface area (Å²) in [5, 5.41) is 5.72. The second-order valence-corrected chi connectivity index (χ2v) is 5.48. The van der Waals surface area contributed by atoms with Crippen LogP contribution in [0.4, 0.5) is 17.6 Å². The van der Waals surface area contributed by atoms with E-state index in [1.807, 2.05) is 6.92 Å². The lowest BCUT2D eigenvalue weighted by atomic mass is 10.1. The van der Waals surface area contributed by atoms with Gasteiger partial charge in [-0.3, -0.25) is 4.79 Å². The number of amides is 1. The Morgan fingerprint density at radius 2 is 2.08 bits per heavy atom. The molecular weight excluding hydrogens is 360 g/mol. The van der Waals surface area contributed by atoms with Crippen molar-refractivity contribution in [3.05, 3.63) is 35.5 Å². The monoisotopic (exact) mass is 376 g/mol. The van der Waals surface area contributed by atoms with Gasteiger partial charge in [-0.15, -0.1) is 0 Å². The molecule has 0 bridgehead atoms. The average Bonchev–Trinajstić information content (AvgIpc) is 3.08. The first-order chi connectivity index (χ1) is 12.2. The maximum atomic E-state index is 14.2. The van der Waals surface area contributed by atoms with E-state index < -0.39 is 29.6 Å². The van der Waals surface area contributed by atoms with Crippen LogP contribution in [0.1, 0.15) is 23.2 Å². The summed E-state index contributed by atoms with van der Waals surface area (Å²) >= 11 is 0. The molecule has 1 unspecified atom stereocenters. The normalized spacial score (nSPS) is 12.8. The topological polar surface area (TPSA) is 89.3 Å². The van der Waals surface area contributed by atoms with E-state index in [1.54, 1.807) is 0 Å². The summed E-state index contributed by atoms with van der Waals surface area (Å²) < 4.78 is 55.6. The van der Waals surface area contributed by atoms with Crippen molar-refractivity contribution in [3.8, 4) is 11.4 Å². The minimum absolute atomic E-state index is 0.0290. The second kappa shape index (κ2) is 8.23. The maximum absolute atomic E-state index is 14.2. The molecule has 0 saturated heterocycles. The standard InChI is InChI=1S/C15H16F4N4O3/c1-8(7-21-25-2)6-20-13(24)10-4-3-9(5-11(10)16)12-22-14(26-23-12)15(17,18)19/h3-5,8,21H,6-7H2,1-2H3,(H,20,24). The molecule has 2 rings (SSSR count). The number of hydrogen-bond donors (Lipinski definition) is 2. The minimum atomic E-state index is -4.79. The molecule has 7 nitrogen and oxygen atoms in total. The van der Waals surface area contributed by atoms with Crippen LogP contribution in [0, 0.1) is 11.7 Å². The molecule has 1 aromatic carbocycles. The summed E-state index contributed by atoms with van der Waals surface area (Å²) in [5.41, 5.74) is 2.34. The Hall–Kier alpha value is -2.53. The van der Waals surface area contributed by atoms with E-state index >= 15 is 0 Å². The lowest BCUT2D eigenvalue weighted by Crippen LogP contribution is -2.33. The number of nitrogens with zero attached hydrogens (tertiary/aromatic N) is 2. The van der Waals surface area contributed by atoms with E-state index in [-0.39, 0.29) is 23.6 Å². The third kappa shape index (κ3) is 4.99. The molecule has 0 fully saturated rings. The zero-order valence-corrected chi connectivity index (χ0v) is 13.9. The van der Waals surface area contributed by atoms with Gasteiger partial charge in [0.25, 0.3) is 5.91 Å². The number of hydrogen-bond acceptors (Lipinski definition) is 6.